The number of hydrogen-bond donors (Lipinski definition) is 4. The highest BCUT2D eigenvalue weighted by molar-refractivity contribution is 5.95. The summed E-state index contributed by atoms with van der Waals surface area (Å²) in [6.07, 6.45) is 16.7. The van der Waals surface area contributed by atoms with Crippen molar-refractivity contribution >= 4 is 17.9 Å². The molecule has 1 fully saturated rings. The van der Waals surface area contributed by atoms with Gasteiger partial charge in [-0.2, -0.15) is 0 Å². The SMILES string of the molecule is CCCCCCCCCCCCCCN(C(=O)CCCCCCCCCCC)[C@@H]1O[C@H](CO)[C@@H](O)[C@H](O)[C@H]1N(C(=O)OCc1ccccc1)C(=O)[C@@H](N)C(C)C. The number of imide groups is 1. The lowest BCUT2D eigenvalue weighted by molar-refractivity contribution is -0.245. The second-order valence-electron chi connectivity index (χ2n) is 16.3. The number of benzene rings is 1. The third kappa shape index (κ3) is 17.9. The van der Waals surface area contributed by atoms with E-state index in [1.165, 1.54) is 88.4 Å². The highest BCUT2D eigenvalue weighted by Crippen LogP contribution is 2.31. The number of rotatable bonds is 30. The molecular formula is C45H79N3O8. The fourth-order valence-corrected chi connectivity index (χ4v) is 7.46. The molecule has 56 heavy (non-hydrogen) atoms. The Kier molecular flexibility index (Phi) is 26.2. The fourth-order valence-electron chi connectivity index (χ4n) is 7.46. The first-order chi connectivity index (χ1) is 27.1. The summed E-state index contributed by atoms with van der Waals surface area (Å²) in [5, 5.41) is 33.1. The molecule has 0 spiro atoms. The number of aliphatic hydroxyl groups is 3. The first-order valence-corrected chi connectivity index (χ1v) is 22.3. The molecule has 1 saturated heterocycles. The van der Waals surface area contributed by atoms with Crippen LogP contribution in [-0.4, -0.2) is 92.8 Å². The van der Waals surface area contributed by atoms with Crippen LogP contribution in [0.5, 0.6) is 0 Å². The number of nitrogens with zero attached hydrogens (tertiary/aromatic N) is 2. The van der Waals surface area contributed by atoms with Crippen LogP contribution in [0.3, 0.4) is 0 Å². The Hall–Kier alpha value is -2.57. The van der Waals surface area contributed by atoms with Crippen LogP contribution in [0.25, 0.3) is 0 Å². The average molecular weight is 790 g/mol. The van der Waals surface area contributed by atoms with Crippen LogP contribution in [0, 0.1) is 5.92 Å². The fraction of sp³-hybridized carbons (Fsp3) is 0.800. The monoisotopic (exact) mass is 790 g/mol. The molecule has 322 valence electrons. The van der Waals surface area contributed by atoms with E-state index in [2.05, 4.69) is 13.8 Å². The van der Waals surface area contributed by atoms with E-state index in [1.807, 2.05) is 6.07 Å². The van der Waals surface area contributed by atoms with Crippen molar-refractivity contribution in [3.05, 3.63) is 35.9 Å². The van der Waals surface area contributed by atoms with Gasteiger partial charge in [0.25, 0.3) is 0 Å². The summed E-state index contributed by atoms with van der Waals surface area (Å²) in [7, 11) is 0. The molecular weight excluding hydrogens is 711 g/mol. The molecule has 0 unspecified atom stereocenters. The Morgan fingerprint density at radius 1 is 0.732 bits per heavy atom. The van der Waals surface area contributed by atoms with Crippen molar-refractivity contribution in [2.24, 2.45) is 11.7 Å². The molecule has 0 bridgehead atoms. The normalized spacial score (nSPS) is 20.2. The van der Waals surface area contributed by atoms with Crippen molar-refractivity contribution < 1.29 is 39.2 Å². The van der Waals surface area contributed by atoms with Crippen molar-refractivity contribution in [1.82, 2.24) is 9.80 Å². The van der Waals surface area contributed by atoms with Crippen molar-refractivity contribution in [3.8, 4) is 0 Å². The predicted octanol–water partition coefficient (Wildman–Crippen LogP) is 8.39. The summed E-state index contributed by atoms with van der Waals surface area (Å²) in [6, 6.07) is 6.29. The Morgan fingerprint density at radius 2 is 1.21 bits per heavy atom. The first-order valence-electron chi connectivity index (χ1n) is 22.3. The molecule has 0 saturated carbocycles. The number of nitrogens with two attached hydrogens (primary N) is 1. The molecule has 1 aliphatic rings. The zero-order valence-corrected chi connectivity index (χ0v) is 35.5. The topological polar surface area (TPSA) is 163 Å². The van der Waals surface area contributed by atoms with Crippen LogP contribution in [-0.2, 0) is 25.7 Å². The van der Waals surface area contributed by atoms with Gasteiger partial charge in [-0.15, -0.1) is 0 Å². The Labute approximate surface area is 339 Å². The van der Waals surface area contributed by atoms with E-state index in [0.717, 1.165) is 43.4 Å². The van der Waals surface area contributed by atoms with Gasteiger partial charge in [-0.05, 0) is 24.3 Å². The van der Waals surface area contributed by atoms with Crippen LogP contribution >= 0.6 is 0 Å². The lowest BCUT2D eigenvalue weighted by Crippen LogP contribution is -2.71. The van der Waals surface area contributed by atoms with E-state index in [-0.39, 0.29) is 31.4 Å². The lowest BCUT2D eigenvalue weighted by atomic mass is 9.92. The standard InChI is InChI=1S/C45H79N3O8/c1-5-7-9-11-13-15-16-17-19-21-23-28-32-47(38(50)31-27-22-20-18-14-12-10-8-6-2)44-40(42(52)41(51)37(33-49)56-44)48(43(53)39(46)35(3)4)45(54)55-34-36-29-25-24-26-30-36/h24-26,29-30,35,37,39-42,44,49,51-52H,5-23,27-28,31-34,46H2,1-4H3/t37-,39+,40-,41-,42-,44-/m1/s1. The van der Waals surface area contributed by atoms with Crippen LogP contribution in [0.4, 0.5) is 4.79 Å². The molecule has 11 heteroatoms. The van der Waals surface area contributed by atoms with Gasteiger partial charge in [0, 0.05) is 13.0 Å². The van der Waals surface area contributed by atoms with Crippen LogP contribution in [0.1, 0.15) is 175 Å². The summed E-state index contributed by atoms with van der Waals surface area (Å²) >= 11 is 0. The number of ether oxygens (including phenoxy) is 2. The number of aliphatic hydroxyl groups excluding tert-OH is 3. The molecule has 0 radical (unpaired) electrons. The Bertz CT molecular complexity index is 1190. The molecule has 3 amide bonds. The van der Waals surface area contributed by atoms with E-state index >= 15 is 0 Å². The minimum atomic E-state index is -1.76. The van der Waals surface area contributed by atoms with E-state index in [0.29, 0.717) is 18.4 Å². The van der Waals surface area contributed by atoms with Crippen molar-refractivity contribution in [2.75, 3.05) is 13.2 Å². The van der Waals surface area contributed by atoms with Crippen molar-refractivity contribution in [2.45, 2.75) is 212 Å². The third-order valence-electron chi connectivity index (χ3n) is 11.2. The Balaban J connectivity index is 2.30. The predicted molar refractivity (Wildman–Crippen MR) is 222 cm³/mol. The summed E-state index contributed by atoms with van der Waals surface area (Å²) in [6.45, 7) is 7.39. The molecule has 0 aliphatic carbocycles. The van der Waals surface area contributed by atoms with Gasteiger partial charge in [0.05, 0.1) is 12.6 Å². The van der Waals surface area contributed by atoms with E-state index in [1.54, 1.807) is 38.1 Å². The lowest BCUT2D eigenvalue weighted by Gasteiger charge is -2.49. The second kappa shape index (κ2) is 29.6. The third-order valence-corrected chi connectivity index (χ3v) is 11.2. The van der Waals surface area contributed by atoms with Gasteiger partial charge < -0.3 is 35.4 Å². The zero-order valence-electron chi connectivity index (χ0n) is 35.5. The first kappa shape index (κ1) is 49.6. The highest BCUT2D eigenvalue weighted by Gasteiger charge is 2.53. The summed E-state index contributed by atoms with van der Waals surface area (Å²) in [4.78, 5) is 44.6. The molecule has 1 aliphatic heterocycles. The van der Waals surface area contributed by atoms with Gasteiger partial charge in [-0.1, -0.05) is 180 Å². The summed E-state index contributed by atoms with van der Waals surface area (Å²) < 4.78 is 11.9. The van der Waals surface area contributed by atoms with Crippen LogP contribution in [0.15, 0.2) is 30.3 Å². The van der Waals surface area contributed by atoms with E-state index in [4.69, 9.17) is 15.2 Å². The molecule has 1 aromatic rings. The van der Waals surface area contributed by atoms with Gasteiger partial charge in [-0.3, -0.25) is 9.59 Å². The maximum absolute atomic E-state index is 14.2. The average Bonchev–Trinajstić information content (AvgIpc) is 3.20. The number of carbonyl (C=O) groups is 3. The minimum Gasteiger partial charge on any atom is -0.444 e. The molecule has 2 rings (SSSR count). The number of amides is 3. The second-order valence-corrected chi connectivity index (χ2v) is 16.3. The van der Waals surface area contributed by atoms with Crippen molar-refractivity contribution in [3.63, 3.8) is 0 Å². The molecule has 11 nitrogen and oxygen atoms in total. The molecule has 0 aromatic heterocycles. The van der Waals surface area contributed by atoms with Crippen LogP contribution < -0.4 is 5.73 Å². The van der Waals surface area contributed by atoms with Gasteiger partial charge in [0.2, 0.25) is 11.8 Å². The van der Waals surface area contributed by atoms with Gasteiger partial charge in [0.15, 0.2) is 6.23 Å². The Morgan fingerprint density at radius 3 is 1.70 bits per heavy atom. The van der Waals surface area contributed by atoms with Crippen LogP contribution in [0.2, 0.25) is 0 Å². The molecule has 1 aromatic carbocycles. The summed E-state index contributed by atoms with van der Waals surface area (Å²) in [5.41, 5.74) is 7.03. The number of hydrogen-bond acceptors (Lipinski definition) is 9. The molecule has 6 atom stereocenters. The number of unbranched alkanes of at least 4 members (excludes halogenated alkanes) is 19. The van der Waals surface area contributed by atoms with Gasteiger partial charge in [-0.25, -0.2) is 9.69 Å². The number of carbonyl (C=O) groups excluding carboxylic acids is 3. The maximum atomic E-state index is 14.2. The van der Waals surface area contributed by atoms with Gasteiger partial charge in [0.1, 0.15) is 31.0 Å². The smallest absolute Gasteiger partial charge is 0.417 e. The van der Waals surface area contributed by atoms with E-state index < -0.39 is 55.2 Å². The van der Waals surface area contributed by atoms with Gasteiger partial charge >= 0.3 is 6.09 Å². The quantitative estimate of drug-likeness (QED) is 0.0561. The van der Waals surface area contributed by atoms with Crippen molar-refractivity contribution in [1.29, 1.82) is 0 Å². The minimum absolute atomic E-state index is 0.156. The van der Waals surface area contributed by atoms with E-state index in [9.17, 15) is 29.7 Å². The molecule has 5 N–H and O–H groups in total. The highest BCUT2D eigenvalue weighted by atomic mass is 16.6. The summed E-state index contributed by atoms with van der Waals surface area (Å²) in [5.74, 6) is -1.43. The zero-order chi connectivity index (χ0) is 41.1. The molecule has 1 heterocycles. The largest absolute Gasteiger partial charge is 0.444 e. The maximum Gasteiger partial charge on any atom is 0.417 e.